The molecule has 0 aliphatic carbocycles. The minimum absolute atomic E-state index is 0.331. The van der Waals surface area contributed by atoms with Crippen LogP contribution in [0.1, 0.15) is 51.8 Å². The number of benzene rings is 1. The summed E-state index contributed by atoms with van der Waals surface area (Å²) >= 11 is 0. The molecule has 2 heterocycles. The Morgan fingerprint density at radius 3 is 2.53 bits per heavy atom. The lowest BCUT2D eigenvalue weighted by Crippen LogP contribution is -2.40. The molecule has 0 fully saturated rings. The van der Waals surface area contributed by atoms with Gasteiger partial charge in [0.05, 0.1) is 18.8 Å². The van der Waals surface area contributed by atoms with Crippen molar-refractivity contribution in [1.82, 2.24) is 14.7 Å². The zero-order chi connectivity index (χ0) is 23.3. The molecule has 3 rings (SSSR count). The predicted octanol–water partition coefficient (Wildman–Crippen LogP) is 4.54. The number of urea groups is 1. The maximum atomic E-state index is 12.6. The summed E-state index contributed by atoms with van der Waals surface area (Å²) in [5, 5.41) is 10.2. The van der Waals surface area contributed by atoms with Crippen LogP contribution in [-0.2, 0) is 24.8 Å². The summed E-state index contributed by atoms with van der Waals surface area (Å²) in [7, 11) is 1.77. The summed E-state index contributed by atoms with van der Waals surface area (Å²) in [6.45, 7) is 9.16. The Bertz CT molecular complexity index is 947. The Morgan fingerprint density at radius 2 is 1.88 bits per heavy atom. The zero-order valence-electron chi connectivity index (χ0n) is 19.5. The van der Waals surface area contributed by atoms with E-state index in [1.165, 1.54) is 0 Å². The van der Waals surface area contributed by atoms with E-state index in [0.717, 1.165) is 29.8 Å². The van der Waals surface area contributed by atoms with Gasteiger partial charge in [-0.25, -0.2) is 9.59 Å². The number of unbranched alkanes of at least 4 members (excludes halogenated alkanes) is 1. The number of carbonyl (C=O) groups is 2. The van der Waals surface area contributed by atoms with Crippen molar-refractivity contribution in [2.75, 3.05) is 23.8 Å². The van der Waals surface area contributed by atoms with E-state index >= 15 is 0 Å². The molecular weight excluding hydrogens is 410 g/mol. The van der Waals surface area contributed by atoms with Gasteiger partial charge in [-0.15, -0.1) is 0 Å². The third-order valence-corrected chi connectivity index (χ3v) is 4.96. The second-order valence-corrected chi connectivity index (χ2v) is 8.85. The number of anilines is 2. The first-order chi connectivity index (χ1) is 15.2. The Kier molecular flexibility index (Phi) is 7.27. The van der Waals surface area contributed by atoms with Crippen LogP contribution in [0.2, 0.25) is 0 Å². The number of aryl methyl sites for hydroxylation is 1. The van der Waals surface area contributed by atoms with Gasteiger partial charge in [0.1, 0.15) is 17.2 Å². The van der Waals surface area contributed by atoms with E-state index in [2.05, 4.69) is 22.7 Å². The minimum atomic E-state index is -0.566. The van der Waals surface area contributed by atoms with E-state index in [4.69, 9.17) is 9.47 Å². The average molecular weight is 444 g/mol. The molecule has 3 amide bonds. The number of hydrogen-bond acceptors (Lipinski definition) is 5. The van der Waals surface area contributed by atoms with Crippen LogP contribution in [0.3, 0.4) is 0 Å². The van der Waals surface area contributed by atoms with Gasteiger partial charge in [0.25, 0.3) is 0 Å². The fourth-order valence-corrected chi connectivity index (χ4v) is 3.38. The number of aromatic nitrogens is 2. The minimum Gasteiger partial charge on any atom is -0.494 e. The topological polar surface area (TPSA) is 97.7 Å². The normalized spacial score (nSPS) is 13.3. The van der Waals surface area contributed by atoms with Crippen molar-refractivity contribution in [2.45, 2.75) is 59.1 Å². The van der Waals surface area contributed by atoms with Crippen LogP contribution in [0.4, 0.5) is 21.1 Å². The van der Waals surface area contributed by atoms with Crippen molar-refractivity contribution >= 4 is 23.6 Å². The third-order valence-electron chi connectivity index (χ3n) is 4.96. The molecule has 1 aromatic carbocycles. The van der Waals surface area contributed by atoms with E-state index in [-0.39, 0.29) is 12.1 Å². The summed E-state index contributed by atoms with van der Waals surface area (Å²) in [5.41, 5.74) is 1.77. The molecule has 0 spiro atoms. The fraction of sp³-hybridized carbons (Fsp3) is 0.522. The number of nitrogens with zero attached hydrogens (tertiary/aromatic N) is 3. The molecule has 32 heavy (non-hydrogen) atoms. The van der Waals surface area contributed by atoms with Gasteiger partial charge in [0.2, 0.25) is 0 Å². The van der Waals surface area contributed by atoms with Crippen molar-refractivity contribution in [3.63, 3.8) is 0 Å². The van der Waals surface area contributed by atoms with Gasteiger partial charge in [-0.3, -0.25) is 10.00 Å². The van der Waals surface area contributed by atoms with Gasteiger partial charge in [-0.05, 0) is 51.5 Å². The molecule has 2 aromatic rings. The van der Waals surface area contributed by atoms with Gasteiger partial charge in [-0.2, -0.15) is 5.10 Å². The molecule has 0 atom stereocenters. The molecule has 0 radical (unpaired) electrons. The zero-order valence-corrected chi connectivity index (χ0v) is 19.5. The van der Waals surface area contributed by atoms with Gasteiger partial charge < -0.3 is 19.7 Å². The monoisotopic (exact) mass is 443 g/mol. The van der Waals surface area contributed by atoms with Crippen LogP contribution < -0.4 is 15.4 Å². The first-order valence-electron chi connectivity index (χ1n) is 11.0. The third kappa shape index (κ3) is 6.15. The summed E-state index contributed by atoms with van der Waals surface area (Å²) < 4.78 is 12.8. The second-order valence-electron chi connectivity index (χ2n) is 8.85. The standard InChI is InChI=1S/C23H33N5O4/c1-6-7-14-31-17-10-8-16(9-11-17)24-21(29)25-20-18-15-28(22(30)32-23(2,3)4)13-12-19(18)26-27(20)5/h8-11H,6-7,12-15H2,1-5H3,(H2,24,25,29). The van der Waals surface area contributed by atoms with Crippen LogP contribution in [0.5, 0.6) is 5.75 Å². The summed E-state index contributed by atoms with van der Waals surface area (Å²) in [6.07, 6.45) is 2.31. The molecule has 174 valence electrons. The molecular formula is C23H33N5O4. The lowest BCUT2D eigenvalue weighted by atomic mass is 10.1. The maximum Gasteiger partial charge on any atom is 0.410 e. The molecule has 0 unspecified atom stereocenters. The Balaban J connectivity index is 1.63. The van der Waals surface area contributed by atoms with Crippen molar-refractivity contribution in [3.05, 3.63) is 35.5 Å². The highest BCUT2D eigenvalue weighted by molar-refractivity contribution is 5.99. The lowest BCUT2D eigenvalue weighted by molar-refractivity contribution is 0.0224. The van der Waals surface area contributed by atoms with Crippen molar-refractivity contribution in [1.29, 1.82) is 0 Å². The number of ether oxygens (including phenoxy) is 2. The fourth-order valence-electron chi connectivity index (χ4n) is 3.38. The molecule has 0 saturated heterocycles. The van der Waals surface area contributed by atoms with Crippen molar-refractivity contribution in [2.24, 2.45) is 7.05 Å². The predicted molar refractivity (Wildman–Crippen MR) is 123 cm³/mol. The first kappa shape index (κ1) is 23.4. The van der Waals surface area contributed by atoms with Crippen LogP contribution in [0.25, 0.3) is 0 Å². The number of fused-ring (bicyclic) bond motifs is 1. The van der Waals surface area contributed by atoms with E-state index in [1.807, 2.05) is 32.9 Å². The van der Waals surface area contributed by atoms with Crippen molar-refractivity contribution < 1.29 is 19.1 Å². The molecule has 0 bridgehead atoms. The quantitative estimate of drug-likeness (QED) is 0.639. The molecule has 1 aliphatic heterocycles. The molecule has 1 aromatic heterocycles. The second kappa shape index (κ2) is 9.93. The smallest absolute Gasteiger partial charge is 0.410 e. The Labute approximate surface area is 189 Å². The van der Waals surface area contributed by atoms with Crippen molar-refractivity contribution in [3.8, 4) is 5.75 Å². The van der Waals surface area contributed by atoms with E-state index in [9.17, 15) is 9.59 Å². The van der Waals surface area contributed by atoms with Gasteiger partial charge >= 0.3 is 12.1 Å². The number of carbonyl (C=O) groups excluding carboxylic acids is 2. The Hall–Kier alpha value is -3.23. The lowest BCUT2D eigenvalue weighted by Gasteiger charge is -2.29. The highest BCUT2D eigenvalue weighted by atomic mass is 16.6. The first-order valence-corrected chi connectivity index (χ1v) is 11.0. The van der Waals surface area contributed by atoms with E-state index < -0.39 is 5.60 Å². The number of amides is 3. The molecule has 2 N–H and O–H groups in total. The number of hydrogen-bond donors (Lipinski definition) is 2. The highest BCUT2D eigenvalue weighted by Gasteiger charge is 2.30. The SMILES string of the molecule is CCCCOc1ccc(NC(=O)Nc2c3c(nn2C)CCN(C(=O)OC(C)(C)C)C3)cc1. The van der Waals surface area contributed by atoms with E-state index in [0.29, 0.717) is 37.6 Å². The highest BCUT2D eigenvalue weighted by Crippen LogP contribution is 2.27. The number of nitrogens with one attached hydrogen (secondary N) is 2. The van der Waals surface area contributed by atoms with Crippen LogP contribution in [-0.4, -0.2) is 45.6 Å². The van der Waals surface area contributed by atoms with Gasteiger partial charge in [0.15, 0.2) is 0 Å². The average Bonchev–Trinajstić information content (AvgIpc) is 3.02. The van der Waals surface area contributed by atoms with E-state index in [1.54, 1.807) is 28.8 Å². The maximum absolute atomic E-state index is 12.6. The Morgan fingerprint density at radius 1 is 1.16 bits per heavy atom. The molecule has 0 saturated carbocycles. The van der Waals surface area contributed by atoms with Crippen LogP contribution >= 0.6 is 0 Å². The number of rotatable bonds is 6. The molecule has 1 aliphatic rings. The summed E-state index contributed by atoms with van der Waals surface area (Å²) in [6, 6.07) is 6.87. The van der Waals surface area contributed by atoms with Gasteiger partial charge in [0, 0.05) is 31.3 Å². The van der Waals surface area contributed by atoms with Crippen LogP contribution in [0, 0.1) is 0 Å². The summed E-state index contributed by atoms with van der Waals surface area (Å²) in [5.74, 6) is 1.33. The summed E-state index contributed by atoms with van der Waals surface area (Å²) in [4.78, 5) is 26.7. The molecule has 9 heteroatoms. The largest absolute Gasteiger partial charge is 0.494 e. The van der Waals surface area contributed by atoms with Crippen LogP contribution in [0.15, 0.2) is 24.3 Å². The van der Waals surface area contributed by atoms with Gasteiger partial charge in [-0.1, -0.05) is 13.3 Å². The molecule has 9 nitrogen and oxygen atoms in total.